The monoisotopic (exact) mass is 320 g/mol. The predicted molar refractivity (Wildman–Crippen MR) is 91.8 cm³/mol. The van der Waals surface area contributed by atoms with E-state index in [9.17, 15) is 9.59 Å². The lowest BCUT2D eigenvalue weighted by Gasteiger charge is -2.08. The van der Waals surface area contributed by atoms with Gasteiger partial charge >= 0.3 is 5.97 Å². The molecule has 1 heterocycles. The van der Waals surface area contributed by atoms with Gasteiger partial charge in [0, 0.05) is 17.3 Å². The van der Waals surface area contributed by atoms with E-state index in [1.165, 1.54) is 0 Å². The van der Waals surface area contributed by atoms with Gasteiger partial charge in [0.15, 0.2) is 12.3 Å². The molecule has 3 rings (SSSR count). The third-order valence-corrected chi connectivity index (χ3v) is 3.50. The van der Waals surface area contributed by atoms with Crippen LogP contribution in [-0.4, -0.2) is 23.5 Å². The summed E-state index contributed by atoms with van der Waals surface area (Å²) in [7, 11) is 0. The van der Waals surface area contributed by atoms with E-state index in [1.54, 1.807) is 18.3 Å². The fourth-order valence-electron chi connectivity index (χ4n) is 2.40. The Labute approximate surface area is 139 Å². The molecule has 0 bridgehead atoms. The first kappa shape index (κ1) is 15.7. The molecule has 0 atom stereocenters. The van der Waals surface area contributed by atoms with Crippen LogP contribution >= 0.6 is 0 Å². The third-order valence-electron chi connectivity index (χ3n) is 3.50. The molecule has 0 aliphatic carbocycles. The molecule has 1 aromatic heterocycles. The Balaban J connectivity index is 1.65. The lowest BCUT2D eigenvalue weighted by atomic mass is 10.1. The van der Waals surface area contributed by atoms with Crippen molar-refractivity contribution in [3.8, 4) is 0 Å². The van der Waals surface area contributed by atoms with E-state index >= 15 is 0 Å². The number of fused-ring (bicyclic) bond motifs is 1. The van der Waals surface area contributed by atoms with Gasteiger partial charge in [-0.3, -0.25) is 4.79 Å². The summed E-state index contributed by atoms with van der Waals surface area (Å²) in [6.07, 6.45) is 1.55. The number of ether oxygens (including phenoxy) is 1. The number of benzene rings is 2. The van der Waals surface area contributed by atoms with Crippen molar-refractivity contribution in [3.63, 3.8) is 0 Å². The van der Waals surface area contributed by atoms with Crippen LogP contribution in [0.25, 0.3) is 10.8 Å². The van der Waals surface area contributed by atoms with Crippen molar-refractivity contribution in [3.05, 3.63) is 72.1 Å². The second kappa shape index (κ2) is 6.91. The number of carbonyl (C=O) groups excluding carboxylic acids is 2. The van der Waals surface area contributed by atoms with E-state index in [-0.39, 0.29) is 12.3 Å². The van der Waals surface area contributed by atoms with Crippen LogP contribution in [0, 0.1) is 6.92 Å². The topological polar surface area (TPSA) is 68.3 Å². The Bertz CT molecular complexity index is 901. The quantitative estimate of drug-likeness (QED) is 0.749. The van der Waals surface area contributed by atoms with Crippen LogP contribution in [0.15, 0.2) is 60.8 Å². The highest BCUT2D eigenvalue weighted by atomic mass is 16.5. The summed E-state index contributed by atoms with van der Waals surface area (Å²) in [5, 5.41) is 4.28. The van der Waals surface area contributed by atoms with Crippen molar-refractivity contribution in [1.82, 2.24) is 4.98 Å². The Morgan fingerprint density at radius 2 is 1.92 bits per heavy atom. The zero-order valence-electron chi connectivity index (χ0n) is 13.2. The minimum atomic E-state index is -0.619. The smallest absolute Gasteiger partial charge is 0.358 e. The Morgan fingerprint density at radius 3 is 2.75 bits per heavy atom. The highest BCUT2D eigenvalue weighted by Gasteiger charge is 2.14. The van der Waals surface area contributed by atoms with Crippen LogP contribution in [0.2, 0.25) is 0 Å². The van der Waals surface area contributed by atoms with Crippen LogP contribution < -0.4 is 5.32 Å². The lowest BCUT2D eigenvalue weighted by molar-refractivity contribution is -0.119. The first-order valence-corrected chi connectivity index (χ1v) is 7.51. The Hall–Kier alpha value is -3.21. The first-order chi connectivity index (χ1) is 11.6. The molecule has 1 N–H and O–H groups in total. The number of carbonyl (C=O) groups is 2. The van der Waals surface area contributed by atoms with Crippen LogP contribution in [0.5, 0.6) is 0 Å². The number of aromatic nitrogens is 1. The van der Waals surface area contributed by atoms with Crippen molar-refractivity contribution in [2.45, 2.75) is 6.92 Å². The Morgan fingerprint density at radius 1 is 1.08 bits per heavy atom. The summed E-state index contributed by atoms with van der Waals surface area (Å²) in [6, 6.07) is 16.6. The standard InChI is InChI=1S/C19H16N2O3/c1-13-5-4-7-15(11-13)21-17(22)12-24-19(23)18-16-8-3-2-6-14(16)9-10-20-18/h2-11H,12H2,1H3,(H,21,22). The number of amides is 1. The predicted octanol–water partition coefficient (Wildman–Crippen LogP) is 3.34. The third kappa shape index (κ3) is 3.57. The SMILES string of the molecule is Cc1cccc(NC(=O)COC(=O)c2nccc3ccccc23)c1. The first-order valence-electron chi connectivity index (χ1n) is 7.51. The molecule has 0 aliphatic rings. The van der Waals surface area contributed by atoms with Crippen molar-refractivity contribution >= 4 is 28.3 Å². The summed E-state index contributed by atoms with van der Waals surface area (Å²) < 4.78 is 5.09. The Kier molecular flexibility index (Phi) is 4.52. The molecule has 0 saturated carbocycles. The molecule has 1 amide bonds. The molecule has 2 aromatic carbocycles. The molecule has 0 radical (unpaired) electrons. The molecule has 0 spiro atoms. The number of aryl methyl sites for hydroxylation is 1. The van der Waals surface area contributed by atoms with Gasteiger partial charge in [0.25, 0.3) is 5.91 Å². The van der Waals surface area contributed by atoms with Crippen molar-refractivity contribution < 1.29 is 14.3 Å². The van der Waals surface area contributed by atoms with Gasteiger partial charge in [0.2, 0.25) is 0 Å². The van der Waals surface area contributed by atoms with Crippen molar-refractivity contribution in [2.24, 2.45) is 0 Å². The molecular formula is C19H16N2O3. The van der Waals surface area contributed by atoms with Gasteiger partial charge in [-0.1, -0.05) is 36.4 Å². The highest BCUT2D eigenvalue weighted by molar-refractivity contribution is 6.03. The number of nitrogens with one attached hydrogen (secondary N) is 1. The van der Waals surface area contributed by atoms with Gasteiger partial charge < -0.3 is 10.1 Å². The number of hydrogen-bond donors (Lipinski definition) is 1. The van der Waals surface area contributed by atoms with Crippen LogP contribution in [-0.2, 0) is 9.53 Å². The molecule has 24 heavy (non-hydrogen) atoms. The maximum absolute atomic E-state index is 12.2. The number of nitrogens with zero attached hydrogens (tertiary/aromatic N) is 1. The zero-order chi connectivity index (χ0) is 16.9. The summed E-state index contributed by atoms with van der Waals surface area (Å²) in [5.74, 6) is -1.01. The average Bonchev–Trinajstić information content (AvgIpc) is 2.59. The zero-order valence-corrected chi connectivity index (χ0v) is 13.2. The van der Waals surface area contributed by atoms with Crippen molar-refractivity contribution in [2.75, 3.05) is 11.9 Å². The van der Waals surface area contributed by atoms with E-state index in [0.717, 1.165) is 10.9 Å². The van der Waals surface area contributed by atoms with Crippen LogP contribution in [0.3, 0.4) is 0 Å². The molecule has 0 fully saturated rings. The molecule has 0 unspecified atom stereocenters. The van der Waals surface area contributed by atoms with Crippen LogP contribution in [0.1, 0.15) is 16.1 Å². The maximum atomic E-state index is 12.2. The summed E-state index contributed by atoms with van der Waals surface area (Å²) in [6.45, 7) is 1.57. The van der Waals surface area contributed by atoms with Gasteiger partial charge in [0.1, 0.15) is 0 Å². The second-order valence-corrected chi connectivity index (χ2v) is 5.37. The second-order valence-electron chi connectivity index (χ2n) is 5.37. The number of hydrogen-bond acceptors (Lipinski definition) is 4. The van der Waals surface area contributed by atoms with Gasteiger partial charge in [-0.25, -0.2) is 9.78 Å². The molecule has 120 valence electrons. The molecule has 5 nitrogen and oxygen atoms in total. The van der Waals surface area contributed by atoms with Crippen molar-refractivity contribution in [1.29, 1.82) is 0 Å². The normalized spacial score (nSPS) is 10.4. The minimum absolute atomic E-state index is 0.205. The van der Waals surface area contributed by atoms with Gasteiger partial charge in [-0.15, -0.1) is 0 Å². The van der Waals surface area contributed by atoms with Gasteiger partial charge in [-0.05, 0) is 36.1 Å². The van der Waals surface area contributed by atoms with Gasteiger partial charge in [-0.2, -0.15) is 0 Å². The molecular weight excluding hydrogens is 304 g/mol. The number of esters is 1. The largest absolute Gasteiger partial charge is 0.451 e. The summed E-state index contributed by atoms with van der Waals surface area (Å²) in [5.41, 5.74) is 1.90. The number of anilines is 1. The average molecular weight is 320 g/mol. The van der Waals surface area contributed by atoms with Gasteiger partial charge in [0.05, 0.1) is 0 Å². The fourth-order valence-corrected chi connectivity index (χ4v) is 2.40. The molecule has 0 aliphatic heterocycles. The van der Waals surface area contributed by atoms with E-state index in [1.807, 2.05) is 49.4 Å². The lowest BCUT2D eigenvalue weighted by Crippen LogP contribution is -2.21. The molecule has 5 heteroatoms. The number of pyridine rings is 1. The van der Waals surface area contributed by atoms with E-state index in [4.69, 9.17) is 4.74 Å². The molecule has 0 saturated heterocycles. The number of rotatable bonds is 4. The van der Waals surface area contributed by atoms with E-state index < -0.39 is 11.9 Å². The maximum Gasteiger partial charge on any atom is 0.358 e. The van der Waals surface area contributed by atoms with Crippen LogP contribution in [0.4, 0.5) is 5.69 Å². The highest BCUT2D eigenvalue weighted by Crippen LogP contribution is 2.17. The molecule has 3 aromatic rings. The summed E-state index contributed by atoms with van der Waals surface area (Å²) in [4.78, 5) is 28.2. The summed E-state index contributed by atoms with van der Waals surface area (Å²) >= 11 is 0. The van der Waals surface area contributed by atoms with E-state index in [0.29, 0.717) is 11.1 Å². The van der Waals surface area contributed by atoms with E-state index in [2.05, 4.69) is 10.3 Å². The minimum Gasteiger partial charge on any atom is -0.451 e. The fraction of sp³-hybridized carbons (Fsp3) is 0.105.